The van der Waals surface area contributed by atoms with Gasteiger partial charge in [-0.2, -0.15) is 0 Å². The number of aromatic nitrogens is 2. The number of hydrogen-bond donors (Lipinski definition) is 0. The fourth-order valence-corrected chi connectivity index (χ4v) is 4.52. The van der Waals surface area contributed by atoms with Gasteiger partial charge in [-0.05, 0) is 48.0 Å². The number of benzene rings is 2. The molecular weight excluding hydrogens is 456 g/mol. The molecule has 0 spiro atoms. The van der Waals surface area contributed by atoms with Gasteiger partial charge in [0.15, 0.2) is 5.76 Å². The van der Waals surface area contributed by atoms with Crippen molar-refractivity contribution in [2.75, 3.05) is 0 Å². The van der Waals surface area contributed by atoms with Crippen molar-refractivity contribution in [2.45, 2.75) is 18.9 Å². The van der Waals surface area contributed by atoms with Crippen molar-refractivity contribution in [1.82, 2.24) is 9.97 Å². The normalized spacial score (nSPS) is 17.2. The summed E-state index contributed by atoms with van der Waals surface area (Å²) in [5.74, 6) is 0.606. The fraction of sp³-hybridized carbons (Fsp3) is 0.103. The summed E-state index contributed by atoms with van der Waals surface area (Å²) in [4.78, 5) is 34.1. The van der Waals surface area contributed by atoms with E-state index < -0.39 is 5.92 Å². The number of rotatable bonds is 5. The lowest BCUT2D eigenvalue weighted by Gasteiger charge is -2.27. The van der Waals surface area contributed by atoms with Crippen LogP contribution in [0.2, 0.25) is 0 Å². The third-order valence-electron chi connectivity index (χ3n) is 6.16. The van der Waals surface area contributed by atoms with Crippen LogP contribution < -0.4 is 14.2 Å². The molecule has 0 saturated heterocycles. The van der Waals surface area contributed by atoms with Gasteiger partial charge in [0.25, 0.3) is 0 Å². The molecule has 0 bridgehead atoms. The number of carbonyl (C=O) groups excluding carboxylic acids is 2. The Morgan fingerprint density at radius 1 is 0.944 bits per heavy atom. The molecular formula is C29H20N2O5. The topological polar surface area (TPSA) is 87.6 Å². The number of allylic oxidation sites excluding steroid dienone is 1. The van der Waals surface area contributed by atoms with E-state index in [9.17, 15) is 9.59 Å². The maximum Gasteiger partial charge on any atom is 0.312 e. The van der Waals surface area contributed by atoms with Gasteiger partial charge in [-0.1, -0.05) is 30.3 Å². The van der Waals surface area contributed by atoms with Crippen LogP contribution in [-0.4, -0.2) is 21.7 Å². The monoisotopic (exact) mass is 476 g/mol. The average molecular weight is 476 g/mol. The summed E-state index contributed by atoms with van der Waals surface area (Å²) in [7, 11) is 0. The molecule has 2 aliphatic heterocycles. The molecule has 176 valence electrons. The summed E-state index contributed by atoms with van der Waals surface area (Å²) >= 11 is 0. The number of ether oxygens (including phenoxy) is 3. The van der Waals surface area contributed by atoms with E-state index in [1.807, 2.05) is 48.5 Å². The molecule has 0 N–H and O–H groups in total. The smallest absolute Gasteiger partial charge is 0.312 e. The largest absolute Gasteiger partial charge is 0.487 e. The van der Waals surface area contributed by atoms with Gasteiger partial charge in [0.05, 0.1) is 17.7 Å². The van der Waals surface area contributed by atoms with E-state index in [2.05, 4.69) is 9.97 Å². The molecule has 0 saturated carbocycles. The number of hydrogen-bond acceptors (Lipinski definition) is 7. The maximum absolute atomic E-state index is 13.2. The zero-order valence-electron chi connectivity index (χ0n) is 19.1. The van der Waals surface area contributed by atoms with Crippen molar-refractivity contribution in [2.24, 2.45) is 0 Å². The van der Waals surface area contributed by atoms with Crippen LogP contribution in [0.1, 0.15) is 45.1 Å². The van der Waals surface area contributed by atoms with Gasteiger partial charge in [-0.15, -0.1) is 0 Å². The molecule has 36 heavy (non-hydrogen) atoms. The lowest BCUT2D eigenvalue weighted by molar-refractivity contribution is -0.135. The number of Topliss-reactive ketones (excluding diaryl/α,β-unsaturated/α-hetero) is 1. The van der Waals surface area contributed by atoms with Crippen molar-refractivity contribution in [3.8, 4) is 17.2 Å². The Balaban J connectivity index is 1.40. The van der Waals surface area contributed by atoms with E-state index in [1.165, 1.54) is 0 Å². The number of fused-ring (bicyclic) bond motifs is 3. The van der Waals surface area contributed by atoms with Crippen LogP contribution >= 0.6 is 0 Å². The minimum atomic E-state index is -0.415. The molecule has 4 heterocycles. The van der Waals surface area contributed by atoms with Gasteiger partial charge >= 0.3 is 5.97 Å². The van der Waals surface area contributed by atoms with Gasteiger partial charge in [-0.3, -0.25) is 19.6 Å². The molecule has 1 atom stereocenters. The highest BCUT2D eigenvalue weighted by Crippen LogP contribution is 2.50. The lowest BCUT2D eigenvalue weighted by Crippen LogP contribution is -2.22. The molecule has 7 nitrogen and oxygen atoms in total. The first-order valence-corrected chi connectivity index (χ1v) is 11.5. The predicted molar refractivity (Wildman–Crippen MR) is 131 cm³/mol. The molecule has 4 aromatic rings. The second-order valence-electron chi connectivity index (χ2n) is 8.46. The van der Waals surface area contributed by atoms with E-state index in [1.54, 1.807) is 42.9 Å². The van der Waals surface area contributed by atoms with Crippen LogP contribution in [0.15, 0.2) is 91.1 Å². The van der Waals surface area contributed by atoms with E-state index in [4.69, 9.17) is 14.2 Å². The number of para-hydroxylation sites is 1. The molecule has 0 unspecified atom stereocenters. The highest BCUT2D eigenvalue weighted by atomic mass is 16.5. The molecule has 0 fully saturated rings. The summed E-state index contributed by atoms with van der Waals surface area (Å²) in [5, 5.41) is 0. The first-order chi connectivity index (χ1) is 17.7. The molecule has 0 radical (unpaired) electrons. The summed E-state index contributed by atoms with van der Waals surface area (Å²) in [5.41, 5.74) is 3.43. The van der Waals surface area contributed by atoms with Gasteiger partial charge in [0, 0.05) is 35.6 Å². The summed E-state index contributed by atoms with van der Waals surface area (Å²) < 4.78 is 17.8. The minimum absolute atomic E-state index is 0.0899. The number of ketones is 1. The molecule has 7 heteroatoms. The summed E-state index contributed by atoms with van der Waals surface area (Å²) in [6.45, 7) is 0.280. The molecule has 6 rings (SSSR count). The van der Waals surface area contributed by atoms with Crippen LogP contribution in [0.4, 0.5) is 0 Å². The zero-order chi connectivity index (χ0) is 24.5. The van der Waals surface area contributed by atoms with Crippen LogP contribution in [0.25, 0.3) is 6.08 Å². The highest BCUT2D eigenvalue weighted by Gasteiger charge is 2.39. The second kappa shape index (κ2) is 9.11. The quantitative estimate of drug-likeness (QED) is 0.225. The van der Waals surface area contributed by atoms with Crippen LogP contribution in [0, 0.1) is 0 Å². The SMILES string of the molecule is O=C1C[C@H](c2ccccc2OCc2ccccn2)c2c(ccc3c2O/C(=C\c2cccnc2)C3=O)O1. The molecule has 2 aromatic heterocycles. The highest BCUT2D eigenvalue weighted by molar-refractivity contribution is 6.15. The number of nitrogens with zero attached hydrogens (tertiary/aromatic N) is 2. The first kappa shape index (κ1) is 21.7. The van der Waals surface area contributed by atoms with E-state index >= 15 is 0 Å². The Kier molecular flexibility index (Phi) is 5.50. The predicted octanol–water partition coefficient (Wildman–Crippen LogP) is 5.11. The van der Waals surface area contributed by atoms with E-state index in [0.717, 1.165) is 16.8 Å². The Labute approximate surface area is 207 Å². The van der Waals surface area contributed by atoms with Crippen molar-refractivity contribution in [3.05, 3.63) is 119 Å². The van der Waals surface area contributed by atoms with Crippen molar-refractivity contribution < 1.29 is 23.8 Å². The number of carbonyl (C=O) groups is 2. The molecule has 0 aliphatic carbocycles. The second-order valence-corrected chi connectivity index (χ2v) is 8.46. The van der Waals surface area contributed by atoms with Crippen molar-refractivity contribution >= 4 is 17.8 Å². The Bertz CT molecular complexity index is 1500. The van der Waals surface area contributed by atoms with E-state index in [0.29, 0.717) is 28.4 Å². The molecule has 0 amide bonds. The van der Waals surface area contributed by atoms with Crippen LogP contribution in [0.3, 0.4) is 0 Å². The standard InChI is InChI=1S/C29H20N2O5/c32-26-15-22(20-8-1-2-9-23(20)34-17-19-7-3-4-13-31-19)27-24(35-26)11-10-21-28(33)25(36-29(21)27)14-18-6-5-12-30-16-18/h1-14,16,22H,15,17H2/b25-14-/t22-/m1/s1. The van der Waals surface area contributed by atoms with Crippen molar-refractivity contribution in [1.29, 1.82) is 0 Å². The first-order valence-electron chi connectivity index (χ1n) is 11.5. The zero-order valence-corrected chi connectivity index (χ0v) is 19.1. The average Bonchev–Trinajstić information content (AvgIpc) is 3.23. The molecule has 2 aromatic carbocycles. The van der Waals surface area contributed by atoms with Crippen LogP contribution in [0.5, 0.6) is 17.2 Å². The maximum atomic E-state index is 13.2. The third-order valence-corrected chi connectivity index (χ3v) is 6.16. The Hall–Kier alpha value is -4.78. The Morgan fingerprint density at radius 2 is 1.83 bits per heavy atom. The lowest BCUT2D eigenvalue weighted by atomic mass is 9.84. The van der Waals surface area contributed by atoms with Gasteiger partial charge in [-0.25, -0.2) is 0 Å². The van der Waals surface area contributed by atoms with Gasteiger partial charge in [0.1, 0.15) is 23.9 Å². The minimum Gasteiger partial charge on any atom is -0.487 e. The Morgan fingerprint density at radius 3 is 2.67 bits per heavy atom. The molecule has 2 aliphatic rings. The third kappa shape index (κ3) is 4.01. The van der Waals surface area contributed by atoms with Gasteiger partial charge in [0.2, 0.25) is 5.78 Å². The summed E-state index contributed by atoms with van der Waals surface area (Å²) in [6, 6.07) is 20.1. The summed E-state index contributed by atoms with van der Waals surface area (Å²) in [6.07, 6.45) is 6.78. The van der Waals surface area contributed by atoms with Gasteiger partial charge < -0.3 is 14.2 Å². The number of pyridine rings is 2. The number of esters is 1. The fourth-order valence-electron chi connectivity index (χ4n) is 4.52. The van der Waals surface area contributed by atoms with Crippen LogP contribution in [-0.2, 0) is 11.4 Å². The van der Waals surface area contributed by atoms with Crippen molar-refractivity contribution in [3.63, 3.8) is 0 Å². The van der Waals surface area contributed by atoms with E-state index in [-0.39, 0.29) is 30.5 Å².